The molecule has 1 unspecified atom stereocenters. The van der Waals surface area contributed by atoms with Gasteiger partial charge in [0.2, 0.25) is 11.8 Å². The number of halogens is 1. The number of nitrogens with one attached hydrogen (secondary N) is 1. The number of piperazine rings is 1. The van der Waals surface area contributed by atoms with Gasteiger partial charge in [0.1, 0.15) is 11.7 Å². The van der Waals surface area contributed by atoms with Crippen molar-refractivity contribution in [2.75, 3.05) is 38.0 Å². The van der Waals surface area contributed by atoms with Crippen LogP contribution in [0.4, 0.5) is 10.8 Å². The lowest BCUT2D eigenvalue weighted by Crippen LogP contribution is -2.57. The van der Waals surface area contributed by atoms with Crippen molar-refractivity contribution < 1.29 is 14.4 Å². The van der Waals surface area contributed by atoms with Gasteiger partial charge < -0.3 is 20.0 Å². The van der Waals surface area contributed by atoms with Crippen molar-refractivity contribution in [1.29, 1.82) is 0 Å². The van der Waals surface area contributed by atoms with E-state index in [2.05, 4.69) is 10.3 Å². The second-order valence-corrected chi connectivity index (χ2v) is 9.76. The molecule has 3 amide bonds. The summed E-state index contributed by atoms with van der Waals surface area (Å²) < 4.78 is 0. The Labute approximate surface area is 202 Å². The lowest BCUT2D eigenvalue weighted by molar-refractivity contribution is -0.142. The molecule has 3 heterocycles. The van der Waals surface area contributed by atoms with E-state index in [1.54, 1.807) is 27.0 Å². The topological polar surface area (TPSA) is 85.9 Å². The fraction of sp³-hybridized carbons (Fsp3) is 0.478. The van der Waals surface area contributed by atoms with Gasteiger partial charge in [-0.15, -0.1) is 11.3 Å². The maximum absolute atomic E-state index is 13.3. The molecule has 0 bridgehead atoms. The number of amides is 3. The molecule has 0 spiro atoms. The van der Waals surface area contributed by atoms with E-state index in [0.717, 1.165) is 24.1 Å². The van der Waals surface area contributed by atoms with Crippen LogP contribution in [0.15, 0.2) is 23.6 Å². The SMILES string of the molecule is CC(=O)N1CCN(C(=O)C2CCCCN2C(=O)c2csc(Nc3cc(Cl)ccc3C)n2)CC1. The van der Waals surface area contributed by atoms with Crippen LogP contribution in [0, 0.1) is 6.92 Å². The Morgan fingerprint density at radius 1 is 1.09 bits per heavy atom. The molecule has 1 atom stereocenters. The van der Waals surface area contributed by atoms with Crippen LogP contribution < -0.4 is 5.32 Å². The Morgan fingerprint density at radius 2 is 1.82 bits per heavy atom. The number of piperidine rings is 1. The van der Waals surface area contributed by atoms with Crippen molar-refractivity contribution in [1.82, 2.24) is 19.7 Å². The van der Waals surface area contributed by atoms with Gasteiger partial charge in [0.05, 0.1) is 0 Å². The second-order valence-electron chi connectivity index (χ2n) is 8.46. The third kappa shape index (κ3) is 5.30. The molecule has 176 valence electrons. The van der Waals surface area contributed by atoms with Gasteiger partial charge in [-0.3, -0.25) is 14.4 Å². The van der Waals surface area contributed by atoms with Gasteiger partial charge in [0, 0.05) is 55.7 Å². The number of benzene rings is 1. The fourth-order valence-electron chi connectivity index (χ4n) is 4.30. The molecule has 0 radical (unpaired) electrons. The van der Waals surface area contributed by atoms with Crippen LogP contribution >= 0.6 is 22.9 Å². The van der Waals surface area contributed by atoms with Gasteiger partial charge in [0.15, 0.2) is 5.13 Å². The Hall–Kier alpha value is -2.65. The van der Waals surface area contributed by atoms with Gasteiger partial charge in [0.25, 0.3) is 5.91 Å². The number of aromatic nitrogens is 1. The lowest BCUT2D eigenvalue weighted by atomic mass is 10.00. The summed E-state index contributed by atoms with van der Waals surface area (Å²) in [7, 11) is 0. The zero-order valence-corrected chi connectivity index (χ0v) is 20.4. The Morgan fingerprint density at radius 3 is 2.55 bits per heavy atom. The van der Waals surface area contributed by atoms with E-state index in [-0.39, 0.29) is 17.7 Å². The molecule has 1 N–H and O–H groups in total. The van der Waals surface area contributed by atoms with E-state index >= 15 is 0 Å². The van der Waals surface area contributed by atoms with Gasteiger partial charge in [-0.25, -0.2) is 4.98 Å². The molecule has 2 aliphatic heterocycles. The predicted octanol–water partition coefficient (Wildman–Crippen LogP) is 3.53. The summed E-state index contributed by atoms with van der Waals surface area (Å²) in [6, 6.07) is 5.09. The van der Waals surface area contributed by atoms with E-state index in [1.165, 1.54) is 11.3 Å². The monoisotopic (exact) mass is 489 g/mol. The van der Waals surface area contributed by atoms with Crippen LogP contribution in [-0.2, 0) is 9.59 Å². The highest BCUT2D eigenvalue weighted by molar-refractivity contribution is 7.14. The summed E-state index contributed by atoms with van der Waals surface area (Å²) in [6.07, 6.45) is 2.42. The summed E-state index contributed by atoms with van der Waals surface area (Å²) in [5.41, 5.74) is 2.20. The third-order valence-corrected chi connectivity index (χ3v) is 7.24. The molecule has 2 saturated heterocycles. The molecule has 1 aromatic carbocycles. The molecular weight excluding hydrogens is 462 g/mol. The van der Waals surface area contributed by atoms with Crippen molar-refractivity contribution in [2.24, 2.45) is 0 Å². The van der Waals surface area contributed by atoms with Crippen LogP contribution in [0.5, 0.6) is 0 Å². The maximum atomic E-state index is 13.3. The molecule has 8 nitrogen and oxygen atoms in total. The molecule has 2 fully saturated rings. The Balaban J connectivity index is 1.45. The highest BCUT2D eigenvalue weighted by Crippen LogP contribution is 2.28. The van der Waals surface area contributed by atoms with Crippen LogP contribution in [0.25, 0.3) is 0 Å². The first-order chi connectivity index (χ1) is 15.8. The number of nitrogens with zero attached hydrogens (tertiary/aromatic N) is 4. The predicted molar refractivity (Wildman–Crippen MR) is 129 cm³/mol. The average molecular weight is 490 g/mol. The number of aryl methyl sites for hydroxylation is 1. The van der Waals surface area contributed by atoms with E-state index in [4.69, 9.17) is 11.6 Å². The lowest BCUT2D eigenvalue weighted by Gasteiger charge is -2.40. The summed E-state index contributed by atoms with van der Waals surface area (Å²) >= 11 is 7.45. The minimum atomic E-state index is -0.483. The smallest absolute Gasteiger partial charge is 0.274 e. The van der Waals surface area contributed by atoms with E-state index in [0.29, 0.717) is 55.0 Å². The van der Waals surface area contributed by atoms with Crippen molar-refractivity contribution in [3.63, 3.8) is 0 Å². The minimum Gasteiger partial charge on any atom is -0.339 e. The number of likely N-dealkylation sites (tertiary alicyclic amines) is 1. The molecule has 2 aliphatic rings. The number of hydrogen-bond acceptors (Lipinski definition) is 6. The quantitative estimate of drug-likeness (QED) is 0.710. The normalized spacial score (nSPS) is 18.9. The summed E-state index contributed by atoms with van der Waals surface area (Å²) in [4.78, 5) is 47.9. The number of thiazole rings is 1. The summed E-state index contributed by atoms with van der Waals surface area (Å²) in [5.74, 6) is -0.227. The van der Waals surface area contributed by atoms with E-state index < -0.39 is 6.04 Å². The van der Waals surface area contributed by atoms with E-state index in [9.17, 15) is 14.4 Å². The second kappa shape index (κ2) is 10.1. The zero-order valence-electron chi connectivity index (χ0n) is 18.8. The van der Waals surface area contributed by atoms with Crippen molar-refractivity contribution >= 4 is 51.5 Å². The van der Waals surface area contributed by atoms with Crippen LogP contribution in [0.3, 0.4) is 0 Å². The number of carbonyl (C=O) groups is 3. The highest BCUT2D eigenvalue weighted by atomic mass is 35.5. The van der Waals surface area contributed by atoms with Crippen LogP contribution in [0.1, 0.15) is 42.2 Å². The van der Waals surface area contributed by atoms with Crippen molar-refractivity contribution in [3.05, 3.63) is 39.9 Å². The minimum absolute atomic E-state index is 0.0254. The first kappa shape index (κ1) is 23.5. The van der Waals surface area contributed by atoms with Crippen molar-refractivity contribution in [3.8, 4) is 0 Å². The summed E-state index contributed by atoms with van der Waals surface area (Å²) in [5, 5.41) is 6.18. The molecule has 0 aliphatic carbocycles. The number of hydrogen-bond donors (Lipinski definition) is 1. The number of anilines is 2. The Bertz CT molecular complexity index is 1050. The number of rotatable bonds is 4. The zero-order chi connectivity index (χ0) is 23.5. The van der Waals surface area contributed by atoms with Gasteiger partial charge in [-0.1, -0.05) is 17.7 Å². The van der Waals surface area contributed by atoms with Crippen LogP contribution in [-0.4, -0.2) is 76.2 Å². The first-order valence-corrected chi connectivity index (χ1v) is 12.4. The van der Waals surface area contributed by atoms with Crippen LogP contribution in [0.2, 0.25) is 5.02 Å². The molecule has 2 aromatic rings. The molecule has 33 heavy (non-hydrogen) atoms. The third-order valence-electron chi connectivity index (χ3n) is 6.25. The molecular formula is C23H28ClN5O3S. The number of carbonyl (C=O) groups excluding carboxylic acids is 3. The first-order valence-electron chi connectivity index (χ1n) is 11.2. The van der Waals surface area contributed by atoms with Gasteiger partial charge in [-0.05, 0) is 43.9 Å². The summed E-state index contributed by atoms with van der Waals surface area (Å²) in [6.45, 7) is 6.12. The fourth-order valence-corrected chi connectivity index (χ4v) is 5.17. The largest absolute Gasteiger partial charge is 0.339 e. The van der Waals surface area contributed by atoms with Gasteiger partial charge >= 0.3 is 0 Å². The molecule has 10 heteroatoms. The van der Waals surface area contributed by atoms with Crippen molar-refractivity contribution in [2.45, 2.75) is 39.2 Å². The van der Waals surface area contributed by atoms with E-state index in [1.807, 2.05) is 25.1 Å². The Kier molecular flexibility index (Phi) is 7.19. The molecule has 0 saturated carbocycles. The maximum Gasteiger partial charge on any atom is 0.274 e. The average Bonchev–Trinajstić information content (AvgIpc) is 3.29. The van der Waals surface area contributed by atoms with Gasteiger partial charge in [-0.2, -0.15) is 0 Å². The molecule has 1 aromatic heterocycles. The molecule has 4 rings (SSSR count). The standard InChI is InChI=1S/C23H28ClN5O3S/c1-15-6-7-17(24)13-18(15)25-23-26-19(14-33-23)21(31)29-8-4-3-5-20(29)22(32)28-11-9-27(10-12-28)16(2)30/h6-7,13-14,20H,3-5,8-12H2,1-2H3,(H,25,26). The highest BCUT2D eigenvalue weighted by Gasteiger charge is 2.37.